The number of pyridine rings is 1. The van der Waals surface area contributed by atoms with Gasteiger partial charge in [-0.2, -0.15) is 10.2 Å². The Bertz CT molecular complexity index is 1150. The van der Waals surface area contributed by atoms with Crippen molar-refractivity contribution in [1.82, 2.24) is 20.2 Å². The highest BCUT2D eigenvalue weighted by Crippen LogP contribution is 2.22. The summed E-state index contributed by atoms with van der Waals surface area (Å²) in [6.07, 6.45) is 6.68. The van der Waals surface area contributed by atoms with E-state index < -0.39 is 0 Å². The van der Waals surface area contributed by atoms with Crippen molar-refractivity contribution in [3.05, 3.63) is 108 Å². The van der Waals surface area contributed by atoms with Crippen LogP contribution in [0.5, 0.6) is 0 Å². The number of aromatic nitrogens is 3. The van der Waals surface area contributed by atoms with E-state index in [1.165, 1.54) is 11.8 Å². The first-order chi connectivity index (χ1) is 14.7. The van der Waals surface area contributed by atoms with Gasteiger partial charge in [0.1, 0.15) is 5.69 Å². The van der Waals surface area contributed by atoms with Gasteiger partial charge in [0.2, 0.25) is 0 Å². The second kappa shape index (κ2) is 8.96. The molecule has 0 saturated carbocycles. The van der Waals surface area contributed by atoms with E-state index in [2.05, 4.69) is 39.8 Å². The molecule has 6 heteroatoms. The Morgan fingerprint density at radius 1 is 1.07 bits per heavy atom. The van der Waals surface area contributed by atoms with Crippen LogP contribution < -0.4 is 5.43 Å². The van der Waals surface area contributed by atoms with Crippen LogP contribution in [0.1, 0.15) is 27.0 Å². The standard InChI is InChI=1S/C24H21N5O/c1-18-9-11-20(12-10-18)23-22(15-26-27-24(30)21-8-5-13-25-14-21)17-29(28-23)16-19-6-3-2-4-7-19/h2-15,17H,16H2,1H3,(H,27,30)/b26-15-. The zero-order valence-electron chi connectivity index (χ0n) is 16.6. The van der Waals surface area contributed by atoms with Gasteiger partial charge in [-0.1, -0.05) is 60.2 Å². The lowest BCUT2D eigenvalue weighted by Crippen LogP contribution is -2.17. The maximum absolute atomic E-state index is 12.2. The van der Waals surface area contributed by atoms with Gasteiger partial charge in [0.05, 0.1) is 18.3 Å². The van der Waals surface area contributed by atoms with Gasteiger partial charge in [0.15, 0.2) is 0 Å². The molecule has 0 unspecified atom stereocenters. The van der Waals surface area contributed by atoms with E-state index in [1.54, 1.807) is 24.5 Å². The number of carbonyl (C=O) groups excluding carboxylic acids is 1. The molecule has 2 aromatic heterocycles. The monoisotopic (exact) mass is 395 g/mol. The van der Waals surface area contributed by atoms with Crippen LogP contribution in [0.2, 0.25) is 0 Å². The van der Waals surface area contributed by atoms with Crippen LogP contribution in [0.15, 0.2) is 90.4 Å². The molecule has 0 aliphatic heterocycles. The molecule has 30 heavy (non-hydrogen) atoms. The Balaban J connectivity index is 1.59. The molecule has 0 radical (unpaired) electrons. The number of nitrogens with zero attached hydrogens (tertiary/aromatic N) is 4. The first kappa shape index (κ1) is 19.3. The lowest BCUT2D eigenvalue weighted by molar-refractivity contribution is 0.0955. The van der Waals surface area contributed by atoms with Crippen LogP contribution in [0.25, 0.3) is 11.3 Å². The van der Waals surface area contributed by atoms with Gasteiger partial charge < -0.3 is 0 Å². The summed E-state index contributed by atoms with van der Waals surface area (Å²) < 4.78 is 1.88. The van der Waals surface area contributed by atoms with Crippen LogP contribution in [0.4, 0.5) is 0 Å². The van der Waals surface area contributed by atoms with E-state index in [1.807, 2.05) is 48.1 Å². The molecule has 0 aliphatic rings. The number of hydrazone groups is 1. The Morgan fingerprint density at radius 3 is 2.60 bits per heavy atom. The summed E-state index contributed by atoms with van der Waals surface area (Å²) in [5, 5.41) is 8.90. The number of carbonyl (C=O) groups is 1. The number of benzene rings is 2. The third-order valence-electron chi connectivity index (χ3n) is 4.60. The molecule has 0 fully saturated rings. The first-order valence-electron chi connectivity index (χ1n) is 9.61. The molecular weight excluding hydrogens is 374 g/mol. The highest BCUT2D eigenvalue weighted by atomic mass is 16.2. The fourth-order valence-corrected chi connectivity index (χ4v) is 3.04. The molecule has 6 nitrogen and oxygen atoms in total. The Hall–Kier alpha value is -4.06. The van der Waals surface area contributed by atoms with Crippen LogP contribution in [-0.2, 0) is 6.54 Å². The van der Waals surface area contributed by atoms with Gasteiger partial charge in [0, 0.05) is 29.7 Å². The first-order valence-corrected chi connectivity index (χ1v) is 9.61. The van der Waals surface area contributed by atoms with E-state index in [-0.39, 0.29) is 5.91 Å². The third kappa shape index (κ3) is 4.67. The molecule has 0 spiro atoms. The van der Waals surface area contributed by atoms with Crippen molar-refractivity contribution in [3.8, 4) is 11.3 Å². The average Bonchev–Trinajstić information content (AvgIpc) is 3.18. The van der Waals surface area contributed by atoms with Crippen molar-refractivity contribution < 1.29 is 4.79 Å². The molecule has 0 saturated heterocycles. The van der Waals surface area contributed by atoms with Gasteiger partial charge in [-0.05, 0) is 24.6 Å². The van der Waals surface area contributed by atoms with Crippen molar-refractivity contribution in [1.29, 1.82) is 0 Å². The van der Waals surface area contributed by atoms with Crippen molar-refractivity contribution >= 4 is 12.1 Å². The van der Waals surface area contributed by atoms with E-state index in [9.17, 15) is 4.79 Å². The van der Waals surface area contributed by atoms with Crippen LogP contribution in [0, 0.1) is 6.92 Å². The topological polar surface area (TPSA) is 72.2 Å². The predicted molar refractivity (Wildman–Crippen MR) is 117 cm³/mol. The van der Waals surface area contributed by atoms with Gasteiger partial charge in [-0.25, -0.2) is 5.43 Å². The van der Waals surface area contributed by atoms with Crippen molar-refractivity contribution in [2.24, 2.45) is 5.10 Å². The number of nitrogens with one attached hydrogen (secondary N) is 1. The minimum Gasteiger partial charge on any atom is -0.267 e. The van der Waals surface area contributed by atoms with Crippen LogP contribution in [0.3, 0.4) is 0 Å². The quantitative estimate of drug-likeness (QED) is 0.395. The van der Waals surface area contributed by atoms with Crippen LogP contribution >= 0.6 is 0 Å². The predicted octanol–water partition coefficient (Wildman–Crippen LogP) is 4.07. The molecule has 4 rings (SSSR count). The lowest BCUT2D eigenvalue weighted by atomic mass is 10.1. The molecular formula is C24H21N5O. The molecule has 2 aromatic carbocycles. The zero-order valence-corrected chi connectivity index (χ0v) is 16.6. The third-order valence-corrected chi connectivity index (χ3v) is 4.60. The smallest absolute Gasteiger partial charge is 0.267 e. The van der Waals surface area contributed by atoms with E-state index in [0.717, 1.165) is 22.4 Å². The van der Waals surface area contributed by atoms with Gasteiger partial charge in [0.25, 0.3) is 5.91 Å². The van der Waals surface area contributed by atoms with E-state index in [4.69, 9.17) is 5.10 Å². The second-order valence-electron chi connectivity index (χ2n) is 6.92. The molecule has 2 heterocycles. The molecule has 148 valence electrons. The molecule has 4 aromatic rings. The number of amides is 1. The van der Waals surface area contributed by atoms with Crippen molar-refractivity contribution in [2.45, 2.75) is 13.5 Å². The summed E-state index contributed by atoms with van der Waals surface area (Å²) in [5.74, 6) is -0.312. The highest BCUT2D eigenvalue weighted by molar-refractivity contribution is 5.95. The van der Waals surface area contributed by atoms with E-state index in [0.29, 0.717) is 12.1 Å². The van der Waals surface area contributed by atoms with Gasteiger partial charge >= 0.3 is 0 Å². The van der Waals surface area contributed by atoms with Crippen LogP contribution in [-0.4, -0.2) is 26.9 Å². The lowest BCUT2D eigenvalue weighted by Gasteiger charge is -2.02. The summed E-state index contributed by atoms with van der Waals surface area (Å²) in [6, 6.07) is 21.7. The maximum Gasteiger partial charge on any atom is 0.272 e. The fourth-order valence-electron chi connectivity index (χ4n) is 3.04. The Morgan fingerprint density at radius 2 is 1.87 bits per heavy atom. The Labute approximate surface area is 174 Å². The number of rotatable bonds is 6. The second-order valence-corrected chi connectivity index (χ2v) is 6.92. The summed E-state index contributed by atoms with van der Waals surface area (Å²) in [7, 11) is 0. The highest BCUT2D eigenvalue weighted by Gasteiger charge is 2.11. The summed E-state index contributed by atoms with van der Waals surface area (Å²) in [6.45, 7) is 2.70. The molecule has 1 amide bonds. The number of hydrogen-bond acceptors (Lipinski definition) is 4. The minimum absolute atomic E-state index is 0.312. The molecule has 1 N–H and O–H groups in total. The van der Waals surface area contributed by atoms with Gasteiger partial charge in [-0.3, -0.25) is 14.5 Å². The van der Waals surface area contributed by atoms with E-state index >= 15 is 0 Å². The summed E-state index contributed by atoms with van der Waals surface area (Å²) in [4.78, 5) is 16.1. The summed E-state index contributed by atoms with van der Waals surface area (Å²) >= 11 is 0. The van der Waals surface area contributed by atoms with Crippen molar-refractivity contribution in [3.63, 3.8) is 0 Å². The molecule has 0 bridgehead atoms. The summed E-state index contributed by atoms with van der Waals surface area (Å²) in [5.41, 5.74) is 7.96. The van der Waals surface area contributed by atoms with Crippen molar-refractivity contribution in [2.75, 3.05) is 0 Å². The fraction of sp³-hybridized carbons (Fsp3) is 0.0833. The molecule has 0 atom stereocenters. The number of hydrogen-bond donors (Lipinski definition) is 1. The average molecular weight is 395 g/mol. The Kier molecular flexibility index (Phi) is 5.75. The molecule has 0 aliphatic carbocycles. The van der Waals surface area contributed by atoms with Gasteiger partial charge in [-0.15, -0.1) is 0 Å². The number of aryl methyl sites for hydroxylation is 1. The zero-order chi connectivity index (χ0) is 20.8. The largest absolute Gasteiger partial charge is 0.272 e. The normalized spacial score (nSPS) is 11.0. The SMILES string of the molecule is Cc1ccc(-c2nn(Cc3ccccc3)cc2/C=N\NC(=O)c2cccnc2)cc1. The maximum atomic E-state index is 12.2. The minimum atomic E-state index is -0.312.